The predicted molar refractivity (Wildman–Crippen MR) is 65.9 cm³/mol. The Bertz CT molecular complexity index is 516. The second-order valence-electron chi connectivity index (χ2n) is 3.40. The molecule has 2 aromatic rings. The van der Waals surface area contributed by atoms with E-state index in [9.17, 15) is 4.39 Å². The van der Waals surface area contributed by atoms with E-state index in [-0.39, 0.29) is 12.4 Å². The number of thioether (sulfide) groups is 1. The van der Waals surface area contributed by atoms with Gasteiger partial charge < -0.3 is 5.11 Å². The Labute approximate surface area is 112 Å². The molecule has 0 aliphatic carbocycles. The number of nitrogens with zero attached hydrogens (tertiary/aromatic N) is 4. The van der Waals surface area contributed by atoms with Gasteiger partial charge in [-0.2, -0.15) is 0 Å². The summed E-state index contributed by atoms with van der Waals surface area (Å²) in [6.07, 6.45) is 0. The Morgan fingerprint density at radius 2 is 2.28 bits per heavy atom. The number of hydrogen-bond acceptors (Lipinski definition) is 5. The minimum Gasteiger partial charge on any atom is -0.394 e. The molecule has 1 heterocycles. The van der Waals surface area contributed by atoms with Crippen molar-refractivity contribution in [2.75, 3.05) is 6.61 Å². The molecule has 0 saturated carbocycles. The van der Waals surface area contributed by atoms with E-state index < -0.39 is 0 Å². The smallest absolute Gasteiger partial charge is 0.209 e. The van der Waals surface area contributed by atoms with Gasteiger partial charge in [0.25, 0.3) is 0 Å². The number of rotatable bonds is 5. The summed E-state index contributed by atoms with van der Waals surface area (Å²) in [7, 11) is 0. The topological polar surface area (TPSA) is 63.8 Å². The van der Waals surface area contributed by atoms with Crippen LogP contribution in [0.1, 0.15) is 5.56 Å². The molecule has 0 unspecified atom stereocenters. The first-order valence-corrected chi connectivity index (χ1v) is 6.51. The van der Waals surface area contributed by atoms with Crippen molar-refractivity contribution in [3.05, 3.63) is 34.6 Å². The van der Waals surface area contributed by atoms with Crippen molar-refractivity contribution in [1.29, 1.82) is 0 Å². The lowest BCUT2D eigenvalue weighted by Crippen LogP contribution is -2.05. The minimum atomic E-state index is -0.351. The predicted octanol–water partition coefficient (Wildman–Crippen LogP) is 1.75. The fourth-order valence-corrected chi connectivity index (χ4v) is 2.59. The summed E-state index contributed by atoms with van der Waals surface area (Å²) in [6, 6.07) is 4.55. The van der Waals surface area contributed by atoms with Gasteiger partial charge in [-0.1, -0.05) is 29.4 Å². The van der Waals surface area contributed by atoms with Crippen LogP contribution in [0, 0.1) is 5.82 Å². The fourth-order valence-electron chi connectivity index (χ4n) is 1.34. The van der Waals surface area contributed by atoms with Crippen molar-refractivity contribution in [2.45, 2.75) is 17.5 Å². The molecule has 0 fully saturated rings. The van der Waals surface area contributed by atoms with E-state index in [4.69, 9.17) is 16.7 Å². The number of halogens is 2. The van der Waals surface area contributed by atoms with E-state index >= 15 is 0 Å². The molecule has 0 saturated heterocycles. The Morgan fingerprint density at radius 3 is 3.00 bits per heavy atom. The lowest BCUT2D eigenvalue weighted by Gasteiger charge is -2.05. The maximum atomic E-state index is 13.5. The van der Waals surface area contributed by atoms with Gasteiger partial charge in [0.15, 0.2) is 0 Å². The largest absolute Gasteiger partial charge is 0.394 e. The molecule has 18 heavy (non-hydrogen) atoms. The summed E-state index contributed by atoms with van der Waals surface area (Å²) in [6.45, 7) is 0.249. The SMILES string of the molecule is OCCn1nnnc1SCc1c(F)cccc1Cl. The lowest BCUT2D eigenvalue weighted by molar-refractivity contribution is 0.262. The summed E-state index contributed by atoms with van der Waals surface area (Å²) in [5.74, 6) is -0.0201. The number of aliphatic hydroxyl groups is 1. The van der Waals surface area contributed by atoms with E-state index in [0.29, 0.717) is 28.0 Å². The molecular formula is C10H10ClFN4OS. The molecule has 8 heteroatoms. The molecule has 0 atom stereocenters. The van der Waals surface area contributed by atoms with Crippen LogP contribution in [0.5, 0.6) is 0 Å². The van der Waals surface area contributed by atoms with Crippen molar-refractivity contribution in [2.24, 2.45) is 0 Å². The number of aliphatic hydroxyl groups excluding tert-OH is 1. The Balaban J connectivity index is 2.09. The summed E-state index contributed by atoms with van der Waals surface area (Å²) in [5.41, 5.74) is 0.419. The van der Waals surface area contributed by atoms with Crippen molar-refractivity contribution < 1.29 is 9.50 Å². The van der Waals surface area contributed by atoms with Gasteiger partial charge in [0.2, 0.25) is 5.16 Å². The highest BCUT2D eigenvalue weighted by atomic mass is 35.5. The van der Waals surface area contributed by atoms with Crippen LogP contribution < -0.4 is 0 Å². The maximum absolute atomic E-state index is 13.5. The molecule has 1 aromatic heterocycles. The zero-order valence-electron chi connectivity index (χ0n) is 9.25. The summed E-state index contributed by atoms with van der Waals surface area (Å²) >= 11 is 7.19. The quantitative estimate of drug-likeness (QED) is 0.849. The van der Waals surface area contributed by atoms with Gasteiger partial charge in [0, 0.05) is 16.3 Å². The molecule has 1 N–H and O–H groups in total. The van der Waals surface area contributed by atoms with Gasteiger partial charge in [-0.25, -0.2) is 9.07 Å². The summed E-state index contributed by atoms with van der Waals surface area (Å²) in [5, 5.41) is 20.7. The second-order valence-corrected chi connectivity index (χ2v) is 4.75. The zero-order valence-corrected chi connectivity index (χ0v) is 10.8. The third kappa shape index (κ3) is 2.98. The van der Waals surface area contributed by atoms with E-state index in [1.807, 2.05) is 0 Å². The molecule has 5 nitrogen and oxygen atoms in total. The summed E-state index contributed by atoms with van der Waals surface area (Å²) in [4.78, 5) is 0. The number of hydrogen-bond donors (Lipinski definition) is 1. The molecule has 0 aliphatic heterocycles. The average Bonchev–Trinajstić information content (AvgIpc) is 2.77. The van der Waals surface area contributed by atoms with Crippen molar-refractivity contribution in [3.63, 3.8) is 0 Å². The van der Waals surface area contributed by atoms with Crippen LogP contribution in [0.4, 0.5) is 4.39 Å². The van der Waals surface area contributed by atoms with E-state index in [2.05, 4.69) is 15.5 Å². The highest BCUT2D eigenvalue weighted by molar-refractivity contribution is 7.98. The van der Waals surface area contributed by atoms with E-state index in [1.54, 1.807) is 12.1 Å². The van der Waals surface area contributed by atoms with Gasteiger partial charge in [0.1, 0.15) is 5.82 Å². The highest BCUT2D eigenvalue weighted by Gasteiger charge is 2.11. The average molecular weight is 289 g/mol. The minimum absolute atomic E-state index is 0.0565. The normalized spacial score (nSPS) is 10.8. The van der Waals surface area contributed by atoms with Gasteiger partial charge in [0.05, 0.1) is 13.2 Å². The monoisotopic (exact) mass is 288 g/mol. The van der Waals surface area contributed by atoms with Crippen LogP contribution in [0.3, 0.4) is 0 Å². The van der Waals surface area contributed by atoms with Gasteiger partial charge in [-0.05, 0) is 22.6 Å². The molecule has 0 radical (unpaired) electrons. The third-order valence-corrected chi connectivity index (χ3v) is 3.56. The van der Waals surface area contributed by atoms with Gasteiger partial charge in [-0.15, -0.1) is 5.10 Å². The molecule has 96 valence electrons. The van der Waals surface area contributed by atoms with Gasteiger partial charge >= 0.3 is 0 Å². The standard InChI is InChI=1S/C10H10ClFN4OS/c11-8-2-1-3-9(12)7(8)6-18-10-13-14-15-16(10)4-5-17/h1-3,17H,4-6H2. The zero-order chi connectivity index (χ0) is 13.0. The van der Waals surface area contributed by atoms with Crippen LogP contribution in [0.2, 0.25) is 5.02 Å². The molecule has 0 amide bonds. The second kappa shape index (κ2) is 6.12. The Hall–Kier alpha value is -1.18. The van der Waals surface area contributed by atoms with Crippen LogP contribution in [-0.4, -0.2) is 31.9 Å². The molecular weight excluding hydrogens is 279 g/mol. The van der Waals surface area contributed by atoms with Crippen molar-refractivity contribution in [1.82, 2.24) is 20.2 Å². The van der Waals surface area contributed by atoms with Crippen molar-refractivity contribution in [3.8, 4) is 0 Å². The Morgan fingerprint density at radius 1 is 1.44 bits per heavy atom. The van der Waals surface area contributed by atoms with Gasteiger partial charge in [-0.3, -0.25) is 0 Å². The van der Waals surface area contributed by atoms with Crippen LogP contribution in [0.25, 0.3) is 0 Å². The highest BCUT2D eigenvalue weighted by Crippen LogP contribution is 2.26. The number of benzene rings is 1. The van der Waals surface area contributed by atoms with Crippen molar-refractivity contribution >= 4 is 23.4 Å². The first-order valence-electron chi connectivity index (χ1n) is 5.15. The lowest BCUT2D eigenvalue weighted by atomic mass is 10.2. The Kier molecular flexibility index (Phi) is 4.51. The molecule has 0 aliphatic rings. The van der Waals surface area contributed by atoms with Crippen LogP contribution >= 0.6 is 23.4 Å². The first-order chi connectivity index (χ1) is 8.72. The molecule has 1 aromatic carbocycles. The third-order valence-electron chi connectivity index (χ3n) is 2.22. The molecule has 2 rings (SSSR count). The number of aromatic nitrogens is 4. The van der Waals surface area contributed by atoms with Crippen LogP contribution in [-0.2, 0) is 12.3 Å². The molecule has 0 bridgehead atoms. The maximum Gasteiger partial charge on any atom is 0.209 e. The summed E-state index contributed by atoms with van der Waals surface area (Å²) < 4.78 is 15.0. The van der Waals surface area contributed by atoms with E-state index in [0.717, 1.165) is 0 Å². The first kappa shape index (κ1) is 13.3. The number of tetrazole rings is 1. The fraction of sp³-hybridized carbons (Fsp3) is 0.300. The molecule has 0 spiro atoms. The van der Waals surface area contributed by atoms with Crippen LogP contribution in [0.15, 0.2) is 23.4 Å². The van der Waals surface area contributed by atoms with E-state index in [1.165, 1.54) is 22.5 Å².